The van der Waals surface area contributed by atoms with Crippen LogP contribution in [-0.4, -0.2) is 47.3 Å². The summed E-state index contributed by atoms with van der Waals surface area (Å²) >= 11 is 0. The molecule has 0 amide bonds. The van der Waals surface area contributed by atoms with Crippen LogP contribution in [0.25, 0.3) is 11.0 Å². The van der Waals surface area contributed by atoms with E-state index in [1.54, 1.807) is 6.20 Å². The highest BCUT2D eigenvalue weighted by molar-refractivity contribution is 7.89. The third-order valence-electron chi connectivity index (χ3n) is 5.47. The number of halogens is 2. The molecule has 7 nitrogen and oxygen atoms in total. The van der Waals surface area contributed by atoms with Crippen molar-refractivity contribution in [3.05, 3.63) is 48.4 Å². The Balaban J connectivity index is 1.51. The predicted molar refractivity (Wildman–Crippen MR) is 105 cm³/mol. The van der Waals surface area contributed by atoms with Gasteiger partial charge in [0.1, 0.15) is 34.3 Å². The number of anilines is 1. The van der Waals surface area contributed by atoms with Crippen LogP contribution in [0.4, 0.5) is 14.6 Å². The van der Waals surface area contributed by atoms with Crippen molar-refractivity contribution in [1.29, 1.82) is 0 Å². The van der Waals surface area contributed by atoms with Crippen LogP contribution in [0.15, 0.2) is 41.7 Å². The molecule has 1 aromatic carbocycles. The normalized spacial score (nSPS) is 20.8. The topological polar surface area (TPSA) is 91.0 Å². The van der Waals surface area contributed by atoms with E-state index in [1.165, 1.54) is 10.6 Å². The SMILES string of the molecule is CC1CCN(S(=O)(=O)c2ccc(F)cc2F)CC1CNc1ncnc2[nH]ccc12. The number of aromatic nitrogens is 3. The Hall–Kier alpha value is -2.59. The highest BCUT2D eigenvalue weighted by Gasteiger charge is 2.35. The molecule has 3 heterocycles. The molecule has 10 heteroatoms. The summed E-state index contributed by atoms with van der Waals surface area (Å²) in [5.74, 6) is -0.930. The zero-order valence-corrected chi connectivity index (χ0v) is 16.6. The van der Waals surface area contributed by atoms with Crippen molar-refractivity contribution >= 4 is 26.9 Å². The van der Waals surface area contributed by atoms with Gasteiger partial charge < -0.3 is 10.3 Å². The molecule has 154 valence electrons. The Morgan fingerprint density at radius 3 is 2.90 bits per heavy atom. The Bertz CT molecular complexity index is 1130. The summed E-state index contributed by atoms with van der Waals surface area (Å²) in [6, 6.07) is 4.40. The second-order valence-corrected chi connectivity index (χ2v) is 9.21. The van der Waals surface area contributed by atoms with Crippen LogP contribution >= 0.6 is 0 Å². The van der Waals surface area contributed by atoms with Crippen LogP contribution in [0.5, 0.6) is 0 Å². The van der Waals surface area contributed by atoms with E-state index in [-0.39, 0.29) is 18.4 Å². The zero-order chi connectivity index (χ0) is 20.6. The Morgan fingerprint density at radius 1 is 1.28 bits per heavy atom. The quantitative estimate of drug-likeness (QED) is 0.661. The number of benzene rings is 1. The first-order chi connectivity index (χ1) is 13.9. The highest BCUT2D eigenvalue weighted by Crippen LogP contribution is 2.29. The molecule has 2 atom stereocenters. The second kappa shape index (κ2) is 7.68. The Kier molecular flexibility index (Phi) is 5.22. The van der Waals surface area contributed by atoms with Gasteiger partial charge in [0.2, 0.25) is 10.0 Å². The Labute approximate surface area is 167 Å². The van der Waals surface area contributed by atoms with Crippen LogP contribution in [-0.2, 0) is 10.0 Å². The first-order valence-electron chi connectivity index (χ1n) is 9.33. The molecule has 0 bridgehead atoms. The lowest BCUT2D eigenvalue weighted by atomic mass is 9.88. The summed E-state index contributed by atoms with van der Waals surface area (Å²) in [4.78, 5) is 10.9. The average molecular weight is 421 g/mol. The number of nitrogens with zero attached hydrogens (tertiary/aromatic N) is 3. The van der Waals surface area contributed by atoms with Crippen molar-refractivity contribution in [3.8, 4) is 0 Å². The first-order valence-corrected chi connectivity index (χ1v) is 10.8. The minimum atomic E-state index is -4.04. The van der Waals surface area contributed by atoms with Gasteiger partial charge in [-0.15, -0.1) is 0 Å². The van der Waals surface area contributed by atoms with Crippen molar-refractivity contribution in [1.82, 2.24) is 19.3 Å². The summed E-state index contributed by atoms with van der Waals surface area (Å²) < 4.78 is 54.3. The largest absolute Gasteiger partial charge is 0.369 e. The molecule has 1 aliphatic rings. The van der Waals surface area contributed by atoms with Crippen LogP contribution in [0.3, 0.4) is 0 Å². The smallest absolute Gasteiger partial charge is 0.245 e. The van der Waals surface area contributed by atoms with Gasteiger partial charge in [-0.3, -0.25) is 0 Å². The predicted octanol–water partition coefficient (Wildman–Crippen LogP) is 2.99. The number of piperidine rings is 1. The van der Waals surface area contributed by atoms with Crippen molar-refractivity contribution in [2.75, 3.05) is 25.0 Å². The summed E-state index contributed by atoms with van der Waals surface area (Å²) in [5, 5.41) is 4.14. The summed E-state index contributed by atoms with van der Waals surface area (Å²) in [6.07, 6.45) is 3.89. The van der Waals surface area contributed by atoms with Gasteiger partial charge in [-0.25, -0.2) is 27.2 Å². The van der Waals surface area contributed by atoms with E-state index in [4.69, 9.17) is 0 Å². The molecular weight excluding hydrogens is 400 g/mol. The van der Waals surface area contributed by atoms with E-state index in [0.717, 1.165) is 23.2 Å². The number of sulfonamides is 1. The molecular formula is C19H21F2N5O2S. The highest BCUT2D eigenvalue weighted by atomic mass is 32.2. The van der Waals surface area contributed by atoms with Gasteiger partial charge in [-0.05, 0) is 36.5 Å². The third-order valence-corrected chi connectivity index (χ3v) is 7.37. The maximum atomic E-state index is 14.1. The maximum absolute atomic E-state index is 14.1. The van der Waals surface area contributed by atoms with Crippen molar-refractivity contribution in [2.45, 2.75) is 18.2 Å². The molecule has 0 spiro atoms. The lowest BCUT2D eigenvalue weighted by molar-refractivity contribution is 0.206. The fourth-order valence-corrected chi connectivity index (χ4v) is 5.22. The zero-order valence-electron chi connectivity index (χ0n) is 15.8. The third kappa shape index (κ3) is 3.82. The van der Waals surface area contributed by atoms with Crippen molar-refractivity contribution in [3.63, 3.8) is 0 Å². The fraction of sp³-hybridized carbons (Fsp3) is 0.368. The molecule has 1 aliphatic heterocycles. The van der Waals surface area contributed by atoms with Gasteiger partial charge in [0.15, 0.2) is 0 Å². The number of aromatic amines is 1. The van der Waals surface area contributed by atoms with Gasteiger partial charge in [0, 0.05) is 31.9 Å². The molecule has 1 saturated heterocycles. The Morgan fingerprint density at radius 2 is 2.10 bits per heavy atom. The minimum absolute atomic E-state index is 0.00555. The fourth-order valence-electron chi connectivity index (χ4n) is 3.66. The van der Waals surface area contributed by atoms with Gasteiger partial charge in [0.25, 0.3) is 0 Å². The number of H-pyrrole nitrogens is 1. The van der Waals surface area contributed by atoms with Crippen LogP contribution < -0.4 is 5.32 Å². The molecule has 0 aliphatic carbocycles. The molecule has 2 aromatic heterocycles. The molecule has 29 heavy (non-hydrogen) atoms. The van der Waals surface area contributed by atoms with E-state index in [0.29, 0.717) is 31.4 Å². The van der Waals surface area contributed by atoms with Crippen molar-refractivity contribution < 1.29 is 17.2 Å². The summed E-state index contributed by atoms with van der Waals surface area (Å²) in [6.45, 7) is 3.12. The summed E-state index contributed by atoms with van der Waals surface area (Å²) in [5.41, 5.74) is 0.718. The molecule has 0 saturated carbocycles. The van der Waals surface area contributed by atoms with Gasteiger partial charge in [0.05, 0.1) is 5.39 Å². The monoisotopic (exact) mass is 421 g/mol. The molecule has 3 aromatic rings. The number of fused-ring (bicyclic) bond motifs is 1. The standard InChI is InChI=1S/C19H21F2N5O2S/c1-12-5-7-26(29(27,28)17-3-2-14(20)8-16(17)21)10-13(12)9-23-19-15-4-6-22-18(15)24-11-25-19/h2-4,6,8,11-13H,5,7,9-10H2,1H3,(H2,22,23,24,25). The van der Waals surface area contributed by atoms with E-state index >= 15 is 0 Å². The number of hydrogen-bond acceptors (Lipinski definition) is 5. The number of rotatable bonds is 5. The second-order valence-electron chi connectivity index (χ2n) is 7.31. The van der Waals surface area contributed by atoms with E-state index in [9.17, 15) is 17.2 Å². The summed E-state index contributed by atoms with van der Waals surface area (Å²) in [7, 11) is -4.04. The van der Waals surface area contributed by atoms with Crippen LogP contribution in [0, 0.1) is 23.5 Å². The van der Waals surface area contributed by atoms with E-state index in [1.807, 2.05) is 6.07 Å². The number of nitrogens with one attached hydrogen (secondary N) is 2. The molecule has 4 rings (SSSR count). The first kappa shape index (κ1) is 19.7. The molecule has 2 N–H and O–H groups in total. The van der Waals surface area contributed by atoms with E-state index < -0.39 is 26.6 Å². The van der Waals surface area contributed by atoms with Gasteiger partial charge >= 0.3 is 0 Å². The van der Waals surface area contributed by atoms with Crippen LogP contribution in [0.2, 0.25) is 0 Å². The van der Waals surface area contributed by atoms with Gasteiger partial charge in [-0.1, -0.05) is 6.92 Å². The van der Waals surface area contributed by atoms with Gasteiger partial charge in [-0.2, -0.15) is 4.31 Å². The lowest BCUT2D eigenvalue weighted by Crippen LogP contribution is -2.45. The van der Waals surface area contributed by atoms with E-state index in [2.05, 4.69) is 27.2 Å². The molecule has 0 radical (unpaired) electrons. The lowest BCUT2D eigenvalue weighted by Gasteiger charge is -2.36. The van der Waals surface area contributed by atoms with Crippen molar-refractivity contribution in [2.24, 2.45) is 11.8 Å². The number of hydrogen-bond donors (Lipinski definition) is 2. The van der Waals surface area contributed by atoms with Crippen LogP contribution in [0.1, 0.15) is 13.3 Å². The minimum Gasteiger partial charge on any atom is -0.369 e. The molecule has 2 unspecified atom stereocenters. The molecule has 1 fully saturated rings. The maximum Gasteiger partial charge on any atom is 0.245 e. The average Bonchev–Trinajstić information content (AvgIpc) is 3.16.